The van der Waals surface area contributed by atoms with Gasteiger partial charge in [-0.3, -0.25) is 4.79 Å². The number of amides is 1. The lowest BCUT2D eigenvalue weighted by Crippen LogP contribution is -2.48. The third-order valence-electron chi connectivity index (χ3n) is 4.10. The number of aryl methyl sites for hydroxylation is 2. The Bertz CT molecular complexity index is 675. The first kappa shape index (κ1) is 16.1. The van der Waals surface area contributed by atoms with Crippen LogP contribution in [-0.2, 0) is 5.75 Å². The second kappa shape index (κ2) is 7.19. The number of nitrogens with zero attached hydrogens (tertiary/aromatic N) is 1. The molecule has 0 unspecified atom stereocenters. The zero-order valence-electron chi connectivity index (χ0n) is 13.4. The fourth-order valence-corrected chi connectivity index (χ4v) is 3.67. The third kappa shape index (κ3) is 3.76. The SMILES string of the molecule is Cc1noc(C)c1CSc1ccccc1C(=O)NCC1CNC1. The van der Waals surface area contributed by atoms with Gasteiger partial charge >= 0.3 is 0 Å². The quantitative estimate of drug-likeness (QED) is 0.796. The molecule has 2 aromatic rings. The molecule has 0 aliphatic carbocycles. The van der Waals surface area contributed by atoms with Gasteiger partial charge in [-0.05, 0) is 26.0 Å². The molecule has 1 fully saturated rings. The summed E-state index contributed by atoms with van der Waals surface area (Å²) in [7, 11) is 0. The van der Waals surface area contributed by atoms with Crippen molar-refractivity contribution in [2.24, 2.45) is 5.92 Å². The van der Waals surface area contributed by atoms with Gasteiger partial charge < -0.3 is 15.2 Å². The first-order valence-corrected chi connectivity index (χ1v) is 8.76. The van der Waals surface area contributed by atoms with Crippen molar-refractivity contribution in [2.45, 2.75) is 24.5 Å². The van der Waals surface area contributed by atoms with Crippen molar-refractivity contribution in [3.63, 3.8) is 0 Å². The molecule has 1 saturated heterocycles. The molecule has 0 saturated carbocycles. The lowest BCUT2D eigenvalue weighted by Gasteiger charge is -2.27. The van der Waals surface area contributed by atoms with E-state index in [1.807, 2.05) is 38.1 Å². The molecule has 1 aromatic heterocycles. The van der Waals surface area contributed by atoms with Crippen LogP contribution in [0.2, 0.25) is 0 Å². The minimum absolute atomic E-state index is 0.00115. The summed E-state index contributed by atoms with van der Waals surface area (Å²) in [4.78, 5) is 13.4. The number of aromatic nitrogens is 1. The van der Waals surface area contributed by atoms with Crippen molar-refractivity contribution in [1.29, 1.82) is 0 Å². The van der Waals surface area contributed by atoms with Crippen LogP contribution in [0, 0.1) is 19.8 Å². The summed E-state index contributed by atoms with van der Waals surface area (Å²) >= 11 is 1.64. The first-order chi connectivity index (χ1) is 11.1. The molecule has 0 spiro atoms. The van der Waals surface area contributed by atoms with Crippen molar-refractivity contribution in [1.82, 2.24) is 15.8 Å². The Morgan fingerprint density at radius 1 is 1.39 bits per heavy atom. The van der Waals surface area contributed by atoms with E-state index in [0.717, 1.165) is 52.9 Å². The van der Waals surface area contributed by atoms with Gasteiger partial charge in [-0.15, -0.1) is 11.8 Å². The summed E-state index contributed by atoms with van der Waals surface area (Å²) in [6.45, 7) is 6.57. The number of benzene rings is 1. The van der Waals surface area contributed by atoms with Gasteiger partial charge in [-0.1, -0.05) is 17.3 Å². The molecule has 122 valence electrons. The highest BCUT2D eigenvalue weighted by atomic mass is 32.2. The molecule has 23 heavy (non-hydrogen) atoms. The number of hydrogen-bond donors (Lipinski definition) is 2. The predicted molar refractivity (Wildman–Crippen MR) is 90.7 cm³/mol. The molecular formula is C17H21N3O2S. The van der Waals surface area contributed by atoms with Gasteiger partial charge in [-0.25, -0.2) is 0 Å². The minimum Gasteiger partial charge on any atom is -0.361 e. The maximum Gasteiger partial charge on any atom is 0.252 e. The van der Waals surface area contributed by atoms with Crippen LogP contribution in [0.5, 0.6) is 0 Å². The van der Waals surface area contributed by atoms with Gasteiger partial charge in [0, 0.05) is 41.8 Å². The average molecular weight is 331 g/mol. The largest absolute Gasteiger partial charge is 0.361 e. The minimum atomic E-state index is -0.00115. The number of nitrogens with one attached hydrogen (secondary N) is 2. The number of carbonyl (C=O) groups excluding carboxylic acids is 1. The molecule has 2 N–H and O–H groups in total. The van der Waals surface area contributed by atoms with Crippen LogP contribution in [-0.4, -0.2) is 30.7 Å². The summed E-state index contributed by atoms with van der Waals surface area (Å²) in [6.07, 6.45) is 0. The number of rotatable bonds is 6. The monoisotopic (exact) mass is 331 g/mol. The van der Waals surface area contributed by atoms with E-state index >= 15 is 0 Å². The first-order valence-electron chi connectivity index (χ1n) is 7.77. The highest BCUT2D eigenvalue weighted by Crippen LogP contribution is 2.28. The fourth-order valence-electron chi connectivity index (χ4n) is 2.46. The summed E-state index contributed by atoms with van der Waals surface area (Å²) in [5.41, 5.74) is 2.75. The van der Waals surface area contributed by atoms with E-state index in [1.54, 1.807) is 11.8 Å². The van der Waals surface area contributed by atoms with Crippen molar-refractivity contribution < 1.29 is 9.32 Å². The van der Waals surface area contributed by atoms with E-state index in [2.05, 4.69) is 15.8 Å². The summed E-state index contributed by atoms with van der Waals surface area (Å²) in [6, 6.07) is 7.73. The Morgan fingerprint density at radius 3 is 2.83 bits per heavy atom. The van der Waals surface area contributed by atoms with E-state index in [9.17, 15) is 4.79 Å². The molecule has 6 heteroatoms. The normalized spacial score (nSPS) is 14.5. The molecule has 5 nitrogen and oxygen atoms in total. The lowest BCUT2D eigenvalue weighted by molar-refractivity contribution is 0.0939. The van der Waals surface area contributed by atoms with Crippen LogP contribution in [0.25, 0.3) is 0 Å². The number of thioether (sulfide) groups is 1. The summed E-state index contributed by atoms with van der Waals surface area (Å²) in [5, 5.41) is 10.2. The molecule has 1 aromatic carbocycles. The zero-order chi connectivity index (χ0) is 16.2. The number of carbonyl (C=O) groups is 1. The predicted octanol–water partition coefficient (Wildman–Crippen LogP) is 2.53. The van der Waals surface area contributed by atoms with Crippen LogP contribution in [0.3, 0.4) is 0 Å². The van der Waals surface area contributed by atoms with E-state index < -0.39 is 0 Å². The average Bonchev–Trinajstić information content (AvgIpc) is 2.82. The van der Waals surface area contributed by atoms with Gasteiger partial charge in [0.2, 0.25) is 0 Å². The zero-order valence-corrected chi connectivity index (χ0v) is 14.2. The Morgan fingerprint density at radius 2 is 2.17 bits per heavy atom. The maximum absolute atomic E-state index is 12.4. The van der Waals surface area contributed by atoms with Crippen LogP contribution in [0.1, 0.15) is 27.4 Å². The molecule has 3 rings (SSSR count). The van der Waals surface area contributed by atoms with E-state index in [1.165, 1.54) is 0 Å². The molecule has 1 aliphatic heterocycles. The van der Waals surface area contributed by atoms with Crippen molar-refractivity contribution in [3.8, 4) is 0 Å². The van der Waals surface area contributed by atoms with Gasteiger partial charge in [0.05, 0.1) is 11.3 Å². The smallest absolute Gasteiger partial charge is 0.252 e. The highest BCUT2D eigenvalue weighted by Gasteiger charge is 2.19. The molecule has 0 atom stereocenters. The molecule has 0 radical (unpaired) electrons. The molecular weight excluding hydrogens is 310 g/mol. The van der Waals surface area contributed by atoms with Gasteiger partial charge in [0.25, 0.3) is 5.91 Å². The molecule has 0 bridgehead atoms. The van der Waals surface area contributed by atoms with Crippen LogP contribution in [0.15, 0.2) is 33.7 Å². The second-order valence-corrected chi connectivity index (χ2v) is 6.84. The second-order valence-electron chi connectivity index (χ2n) is 5.82. The standard InChI is InChI=1S/C17H21N3O2S/c1-11-15(12(2)22-20-11)10-23-16-6-4-3-5-14(16)17(21)19-9-13-7-18-8-13/h3-6,13,18H,7-10H2,1-2H3,(H,19,21). The van der Waals surface area contributed by atoms with Crippen molar-refractivity contribution >= 4 is 17.7 Å². The van der Waals surface area contributed by atoms with Crippen molar-refractivity contribution in [2.75, 3.05) is 19.6 Å². The Hall–Kier alpha value is -1.79. The summed E-state index contributed by atoms with van der Waals surface area (Å²) < 4.78 is 5.20. The topological polar surface area (TPSA) is 67.2 Å². The van der Waals surface area contributed by atoms with E-state index in [0.29, 0.717) is 5.92 Å². The highest BCUT2D eigenvalue weighted by molar-refractivity contribution is 7.98. The van der Waals surface area contributed by atoms with Crippen molar-refractivity contribution in [3.05, 3.63) is 46.8 Å². The van der Waals surface area contributed by atoms with Gasteiger partial charge in [0.15, 0.2) is 0 Å². The number of hydrogen-bond acceptors (Lipinski definition) is 5. The Kier molecular flexibility index (Phi) is 5.03. The van der Waals surface area contributed by atoms with Gasteiger partial charge in [-0.2, -0.15) is 0 Å². The van der Waals surface area contributed by atoms with E-state index in [-0.39, 0.29) is 5.91 Å². The third-order valence-corrected chi connectivity index (χ3v) is 5.20. The maximum atomic E-state index is 12.4. The van der Waals surface area contributed by atoms with Crippen LogP contribution < -0.4 is 10.6 Å². The van der Waals surface area contributed by atoms with Crippen LogP contribution in [0.4, 0.5) is 0 Å². The van der Waals surface area contributed by atoms with Gasteiger partial charge in [0.1, 0.15) is 5.76 Å². The molecule has 1 aliphatic rings. The Labute approximate surface area is 140 Å². The Balaban J connectivity index is 1.66. The molecule has 1 amide bonds. The lowest BCUT2D eigenvalue weighted by atomic mass is 10.0. The van der Waals surface area contributed by atoms with Crippen LogP contribution >= 0.6 is 11.8 Å². The summed E-state index contributed by atoms with van der Waals surface area (Å²) in [5.74, 6) is 2.15. The molecule has 2 heterocycles. The van der Waals surface area contributed by atoms with E-state index in [4.69, 9.17) is 4.52 Å². The fraction of sp³-hybridized carbons (Fsp3) is 0.412.